The molecule has 0 aliphatic rings. The number of ether oxygens (including phenoxy) is 1. The fourth-order valence-electron chi connectivity index (χ4n) is 6.86. The van der Waals surface area contributed by atoms with Crippen LogP contribution in [0.1, 0.15) is 213 Å². The molecule has 9 heteroatoms. The summed E-state index contributed by atoms with van der Waals surface area (Å²) in [5.74, 6) is -2.30. The van der Waals surface area contributed by atoms with Gasteiger partial charge >= 0.3 is 11.9 Å². The largest absolute Gasteiger partial charge is 0.480 e. The zero-order chi connectivity index (χ0) is 44.0. The van der Waals surface area contributed by atoms with E-state index in [0.717, 1.165) is 96.3 Å². The third-order valence-electron chi connectivity index (χ3n) is 10.5. The van der Waals surface area contributed by atoms with Crippen LogP contribution in [-0.4, -0.2) is 59.3 Å². The summed E-state index contributed by atoms with van der Waals surface area (Å²) in [4.78, 5) is 47.6. The van der Waals surface area contributed by atoms with Gasteiger partial charge in [-0.2, -0.15) is 0 Å². The summed E-state index contributed by atoms with van der Waals surface area (Å²) in [7, 11) is 0. The minimum Gasteiger partial charge on any atom is -0.480 e. The molecular weight excluding hydrogens is 753 g/mol. The van der Waals surface area contributed by atoms with Gasteiger partial charge in [-0.25, -0.2) is 4.79 Å². The highest BCUT2D eigenvalue weighted by molar-refractivity contribution is 5.87. The van der Waals surface area contributed by atoms with Crippen LogP contribution in [0.3, 0.4) is 0 Å². The van der Waals surface area contributed by atoms with Crippen molar-refractivity contribution in [3.8, 4) is 0 Å². The second kappa shape index (κ2) is 45.1. The molecule has 0 aromatic heterocycles. The Hall–Kier alpha value is -3.46. The van der Waals surface area contributed by atoms with E-state index in [0.29, 0.717) is 19.3 Å². The van der Waals surface area contributed by atoms with Crippen LogP contribution in [0.15, 0.2) is 60.8 Å². The number of aliphatic hydroxyl groups excluding tert-OH is 1. The van der Waals surface area contributed by atoms with Gasteiger partial charge in [-0.1, -0.05) is 177 Å². The highest BCUT2D eigenvalue weighted by Crippen LogP contribution is 2.19. The van der Waals surface area contributed by atoms with Crippen LogP contribution >= 0.6 is 0 Å². The molecule has 0 saturated heterocycles. The Morgan fingerprint density at radius 3 is 1.43 bits per heavy atom. The lowest BCUT2D eigenvalue weighted by atomic mass is 10.0. The van der Waals surface area contributed by atoms with Crippen molar-refractivity contribution in [2.24, 2.45) is 0 Å². The predicted molar refractivity (Wildman–Crippen MR) is 250 cm³/mol. The highest BCUT2D eigenvalue weighted by atomic mass is 16.5. The molecule has 0 saturated carbocycles. The molecule has 0 rings (SSSR count). The lowest BCUT2D eigenvalue weighted by Gasteiger charge is -2.18. The first-order valence-corrected chi connectivity index (χ1v) is 24.2. The van der Waals surface area contributed by atoms with E-state index in [1.54, 1.807) is 0 Å². The van der Waals surface area contributed by atoms with Crippen molar-refractivity contribution < 1.29 is 34.1 Å². The Bertz CT molecular complexity index is 1190. The Morgan fingerprint density at radius 1 is 0.517 bits per heavy atom. The number of carbonyl (C=O) groups excluding carboxylic acids is 3. The summed E-state index contributed by atoms with van der Waals surface area (Å²) in [5.41, 5.74) is 0. The first kappa shape index (κ1) is 56.5. The van der Waals surface area contributed by atoms with Gasteiger partial charge < -0.3 is 25.6 Å². The number of hydrogen-bond donors (Lipinski definition) is 4. The van der Waals surface area contributed by atoms with Crippen molar-refractivity contribution in [3.63, 3.8) is 0 Å². The summed E-state index contributed by atoms with van der Waals surface area (Å²) < 4.78 is 6.03. The van der Waals surface area contributed by atoms with Crippen molar-refractivity contribution in [1.29, 1.82) is 0 Å². The smallest absolute Gasteiger partial charge is 0.328 e. The van der Waals surface area contributed by atoms with Crippen LogP contribution in [-0.2, 0) is 23.9 Å². The first-order valence-electron chi connectivity index (χ1n) is 24.2. The zero-order valence-electron chi connectivity index (χ0n) is 38.2. The average molecular weight is 841 g/mol. The number of carboxylic acids is 1. The first-order chi connectivity index (χ1) is 29.3. The molecule has 2 atom stereocenters. The van der Waals surface area contributed by atoms with Gasteiger partial charge in [0.2, 0.25) is 11.8 Å². The van der Waals surface area contributed by atoms with Crippen molar-refractivity contribution >= 4 is 23.8 Å². The van der Waals surface area contributed by atoms with Gasteiger partial charge in [0.25, 0.3) is 0 Å². The number of aliphatic carboxylic acids is 1. The number of nitrogens with one attached hydrogen (secondary N) is 2. The van der Waals surface area contributed by atoms with Gasteiger partial charge in [0.1, 0.15) is 12.1 Å². The normalized spacial score (nSPS) is 13.0. The van der Waals surface area contributed by atoms with E-state index in [4.69, 9.17) is 14.9 Å². The van der Waals surface area contributed by atoms with Gasteiger partial charge in [-0.15, -0.1) is 0 Å². The summed E-state index contributed by atoms with van der Waals surface area (Å²) in [6, 6.07) is -1.38. The van der Waals surface area contributed by atoms with Crippen LogP contribution in [0, 0.1) is 0 Å². The second-order valence-corrected chi connectivity index (χ2v) is 16.2. The van der Waals surface area contributed by atoms with Crippen molar-refractivity contribution in [3.05, 3.63) is 60.8 Å². The molecule has 0 spiro atoms. The van der Waals surface area contributed by atoms with Crippen molar-refractivity contribution in [2.75, 3.05) is 13.2 Å². The van der Waals surface area contributed by atoms with E-state index in [1.807, 2.05) is 0 Å². The predicted octanol–water partition coefficient (Wildman–Crippen LogP) is 12.5. The number of allylic oxidation sites excluding steroid dienone is 10. The van der Waals surface area contributed by atoms with Gasteiger partial charge in [-0.3, -0.25) is 14.4 Å². The lowest BCUT2D eigenvalue weighted by molar-refractivity contribution is -0.150. The molecular formula is C51H88N2O7. The molecule has 0 aliphatic heterocycles. The molecule has 9 nitrogen and oxygen atoms in total. The maximum Gasteiger partial charge on any atom is 0.328 e. The van der Waals surface area contributed by atoms with E-state index in [9.17, 15) is 19.2 Å². The minimum atomic E-state index is -1.38. The summed E-state index contributed by atoms with van der Waals surface area (Å²) >= 11 is 0. The molecule has 344 valence electrons. The summed E-state index contributed by atoms with van der Waals surface area (Å²) in [6.07, 6.45) is 55.4. The van der Waals surface area contributed by atoms with Crippen LogP contribution in [0.4, 0.5) is 0 Å². The van der Waals surface area contributed by atoms with E-state index >= 15 is 0 Å². The molecule has 0 radical (unpaired) electrons. The van der Waals surface area contributed by atoms with E-state index in [1.165, 1.54) is 83.5 Å². The molecule has 0 aromatic carbocycles. The number of amides is 2. The molecule has 4 N–H and O–H groups in total. The summed E-state index contributed by atoms with van der Waals surface area (Å²) in [5, 5.41) is 22.6. The van der Waals surface area contributed by atoms with E-state index in [2.05, 4.69) is 85.2 Å². The summed E-state index contributed by atoms with van der Waals surface area (Å²) in [6.45, 7) is 3.37. The van der Waals surface area contributed by atoms with Crippen LogP contribution in [0.25, 0.3) is 0 Å². The molecule has 0 bridgehead atoms. The Morgan fingerprint density at radius 2 is 0.950 bits per heavy atom. The number of carboxylic acid groups (broad SMARTS) is 1. The van der Waals surface area contributed by atoms with Crippen molar-refractivity contribution in [2.45, 2.75) is 225 Å². The zero-order valence-corrected chi connectivity index (χ0v) is 38.2. The van der Waals surface area contributed by atoms with Gasteiger partial charge in [0, 0.05) is 12.8 Å². The third-order valence-corrected chi connectivity index (χ3v) is 10.5. The molecule has 0 heterocycles. The van der Waals surface area contributed by atoms with Gasteiger partial charge in [0.15, 0.2) is 0 Å². The van der Waals surface area contributed by atoms with Gasteiger partial charge in [-0.05, 0) is 83.5 Å². The topological polar surface area (TPSA) is 142 Å². The fraction of sp³-hybridized carbons (Fsp3) is 0.725. The van der Waals surface area contributed by atoms with Crippen molar-refractivity contribution in [1.82, 2.24) is 10.6 Å². The number of aliphatic hydroxyl groups is 1. The highest BCUT2D eigenvalue weighted by Gasteiger charge is 2.19. The van der Waals surface area contributed by atoms with Crippen LogP contribution in [0.5, 0.6) is 0 Å². The maximum atomic E-state index is 12.8. The Balaban J connectivity index is 4.19. The quantitative estimate of drug-likeness (QED) is 0.0272. The number of hydrogen-bond acceptors (Lipinski definition) is 6. The molecule has 0 aliphatic carbocycles. The van der Waals surface area contributed by atoms with Gasteiger partial charge in [0.05, 0.1) is 13.2 Å². The molecule has 2 amide bonds. The molecule has 2 unspecified atom stereocenters. The van der Waals surface area contributed by atoms with E-state index < -0.39 is 24.5 Å². The standard InChI is InChI=1S/C51H88N2O7/c1-3-5-7-9-11-13-14-15-16-17-18-19-20-21-22-23-24-25-26-28-30-35-39-43-50(57)60-46(40-36-32-29-27-12-10-8-6-4-2)41-37-33-31-34-38-42-48(55)52-44-49(56)53-47(45-54)51(58)59/h5,7,11,13,15-16,18-19,21-22,46-47,54H,3-4,6,8-10,12,14,17,20,23-45H2,1-2H3,(H,52,55)(H,53,56)(H,58,59)/b7-5-,13-11-,16-15-,19-18-,22-21-. The second-order valence-electron chi connectivity index (χ2n) is 16.2. The minimum absolute atomic E-state index is 0.0199. The van der Waals surface area contributed by atoms with E-state index in [-0.39, 0.29) is 24.5 Å². The third kappa shape index (κ3) is 41.3. The number of rotatable bonds is 43. The monoisotopic (exact) mass is 841 g/mol. The molecule has 0 aromatic rings. The maximum absolute atomic E-state index is 12.8. The SMILES string of the molecule is CC/C=C\C/C=C\C/C=C\C/C=C\C/C=C\CCCCCCCCCC(=O)OC(CCCCCCCCCCC)CCCCCCCC(=O)NCC(=O)NC(CO)C(=O)O. The number of carbonyl (C=O) groups is 4. The molecule has 0 fully saturated rings. The Kier molecular flexibility index (Phi) is 42.5. The average Bonchev–Trinajstić information content (AvgIpc) is 3.23. The number of unbranched alkanes of at least 4 members (excludes halogenated alkanes) is 19. The number of esters is 1. The van der Waals surface area contributed by atoms with Crippen LogP contribution in [0.2, 0.25) is 0 Å². The fourth-order valence-corrected chi connectivity index (χ4v) is 6.86. The lowest BCUT2D eigenvalue weighted by Crippen LogP contribution is -2.47. The van der Waals surface area contributed by atoms with Crippen LogP contribution < -0.4 is 10.6 Å². The molecule has 60 heavy (non-hydrogen) atoms. The Labute approximate surface area is 366 Å².